The fraction of sp³-hybridized carbons (Fsp3) is 0.692. The number of hydrogen-bond donors (Lipinski definition) is 2. The molecular formula is C13H20BrN3O2. The van der Waals surface area contributed by atoms with E-state index in [0.29, 0.717) is 10.5 Å². The Morgan fingerprint density at radius 2 is 2.16 bits per heavy atom. The molecule has 106 valence electrons. The van der Waals surface area contributed by atoms with E-state index in [1.165, 1.54) is 17.5 Å². The van der Waals surface area contributed by atoms with Crippen LogP contribution in [0.1, 0.15) is 32.6 Å². The predicted octanol–water partition coefficient (Wildman–Crippen LogP) is 1.99. The van der Waals surface area contributed by atoms with Crippen molar-refractivity contribution in [3.8, 4) is 0 Å². The highest BCUT2D eigenvalue weighted by Gasteiger charge is 2.19. The van der Waals surface area contributed by atoms with Gasteiger partial charge in [0.25, 0.3) is 5.56 Å². The lowest BCUT2D eigenvalue weighted by atomic mass is 9.87. The number of rotatable bonds is 4. The van der Waals surface area contributed by atoms with E-state index in [0.717, 1.165) is 24.4 Å². The second-order valence-corrected chi connectivity index (χ2v) is 6.02. The molecule has 1 aromatic heterocycles. The summed E-state index contributed by atoms with van der Waals surface area (Å²) < 4.78 is 1.76. The summed E-state index contributed by atoms with van der Waals surface area (Å²) in [7, 11) is 0. The molecule has 0 amide bonds. The Hall–Kier alpha value is -0.880. The van der Waals surface area contributed by atoms with Crippen LogP contribution in [0.15, 0.2) is 15.5 Å². The zero-order chi connectivity index (χ0) is 13.8. The van der Waals surface area contributed by atoms with Crippen LogP contribution in [-0.2, 0) is 6.54 Å². The van der Waals surface area contributed by atoms with Crippen LogP contribution < -0.4 is 10.9 Å². The minimum Gasteiger partial charge on any atom is -0.394 e. The van der Waals surface area contributed by atoms with E-state index in [2.05, 4.69) is 33.3 Å². The summed E-state index contributed by atoms with van der Waals surface area (Å²) in [4.78, 5) is 12.0. The van der Waals surface area contributed by atoms with Gasteiger partial charge in [-0.25, -0.2) is 4.68 Å². The summed E-state index contributed by atoms with van der Waals surface area (Å²) >= 11 is 3.32. The van der Waals surface area contributed by atoms with Gasteiger partial charge in [0, 0.05) is 6.04 Å². The van der Waals surface area contributed by atoms with Crippen LogP contribution in [0.4, 0.5) is 5.69 Å². The molecule has 1 aliphatic carbocycles. The summed E-state index contributed by atoms with van der Waals surface area (Å²) in [5.41, 5.74) is 0.543. The Labute approximate surface area is 121 Å². The van der Waals surface area contributed by atoms with Gasteiger partial charge in [0.1, 0.15) is 4.47 Å². The summed E-state index contributed by atoms with van der Waals surface area (Å²) in [6.45, 7) is 2.41. The van der Waals surface area contributed by atoms with Gasteiger partial charge < -0.3 is 10.4 Å². The summed E-state index contributed by atoms with van der Waals surface area (Å²) in [5.74, 6) is 0.803. The van der Waals surface area contributed by atoms with Gasteiger partial charge in [0.2, 0.25) is 0 Å². The number of halogens is 1. The summed E-state index contributed by atoms with van der Waals surface area (Å²) in [5, 5.41) is 16.3. The third kappa shape index (κ3) is 3.57. The number of aliphatic hydroxyl groups excluding tert-OH is 1. The maximum Gasteiger partial charge on any atom is 0.283 e. The van der Waals surface area contributed by atoms with Crippen molar-refractivity contribution >= 4 is 21.6 Å². The van der Waals surface area contributed by atoms with Crippen LogP contribution in [0.3, 0.4) is 0 Å². The van der Waals surface area contributed by atoms with Gasteiger partial charge in [-0.1, -0.05) is 6.92 Å². The van der Waals surface area contributed by atoms with Gasteiger partial charge in [-0.2, -0.15) is 5.10 Å². The maximum absolute atomic E-state index is 12.0. The monoisotopic (exact) mass is 329 g/mol. The van der Waals surface area contributed by atoms with Crippen molar-refractivity contribution in [3.63, 3.8) is 0 Å². The lowest BCUT2D eigenvalue weighted by Gasteiger charge is -2.27. The minimum absolute atomic E-state index is 0.0906. The van der Waals surface area contributed by atoms with Crippen LogP contribution >= 0.6 is 15.9 Å². The first kappa shape index (κ1) is 14.5. The number of anilines is 1. The van der Waals surface area contributed by atoms with Gasteiger partial charge in [0.05, 0.1) is 25.0 Å². The highest BCUT2D eigenvalue weighted by molar-refractivity contribution is 9.10. The molecule has 5 nitrogen and oxygen atoms in total. The lowest BCUT2D eigenvalue weighted by molar-refractivity contribution is 0.266. The average molecular weight is 330 g/mol. The molecule has 1 saturated carbocycles. The molecule has 1 fully saturated rings. The molecular weight excluding hydrogens is 310 g/mol. The largest absolute Gasteiger partial charge is 0.394 e. The Kier molecular flexibility index (Phi) is 4.99. The molecule has 19 heavy (non-hydrogen) atoms. The molecule has 0 aliphatic heterocycles. The quantitative estimate of drug-likeness (QED) is 0.886. The van der Waals surface area contributed by atoms with Gasteiger partial charge >= 0.3 is 0 Å². The molecule has 2 N–H and O–H groups in total. The van der Waals surface area contributed by atoms with E-state index in [9.17, 15) is 4.79 Å². The topological polar surface area (TPSA) is 67.2 Å². The smallest absolute Gasteiger partial charge is 0.283 e. The minimum atomic E-state index is -0.205. The van der Waals surface area contributed by atoms with E-state index >= 15 is 0 Å². The van der Waals surface area contributed by atoms with Crippen LogP contribution in [0.2, 0.25) is 0 Å². The fourth-order valence-corrected chi connectivity index (χ4v) is 2.87. The van der Waals surface area contributed by atoms with Crippen LogP contribution in [0.5, 0.6) is 0 Å². The molecule has 0 bridgehead atoms. The molecule has 0 radical (unpaired) electrons. The third-order valence-electron chi connectivity index (χ3n) is 3.67. The number of nitrogens with zero attached hydrogens (tertiary/aromatic N) is 2. The number of aromatic nitrogens is 2. The summed E-state index contributed by atoms with van der Waals surface area (Å²) in [6.07, 6.45) is 6.37. The van der Waals surface area contributed by atoms with Crippen molar-refractivity contribution < 1.29 is 5.11 Å². The zero-order valence-electron chi connectivity index (χ0n) is 11.1. The van der Waals surface area contributed by atoms with Crippen molar-refractivity contribution in [2.45, 2.75) is 45.2 Å². The first-order valence-electron chi connectivity index (χ1n) is 6.75. The van der Waals surface area contributed by atoms with Crippen molar-refractivity contribution in [2.75, 3.05) is 11.9 Å². The lowest BCUT2D eigenvalue weighted by Crippen LogP contribution is -2.29. The van der Waals surface area contributed by atoms with Gasteiger partial charge in [-0.3, -0.25) is 4.79 Å². The van der Waals surface area contributed by atoms with E-state index in [1.54, 1.807) is 6.20 Å². The first-order valence-corrected chi connectivity index (χ1v) is 7.54. The molecule has 0 spiro atoms. The summed E-state index contributed by atoms with van der Waals surface area (Å²) in [6, 6.07) is 0.419. The van der Waals surface area contributed by atoms with Crippen molar-refractivity contribution in [1.82, 2.24) is 9.78 Å². The number of nitrogens with one attached hydrogen (secondary N) is 1. The molecule has 2 rings (SSSR count). The Morgan fingerprint density at radius 1 is 1.47 bits per heavy atom. The normalized spacial score (nSPS) is 23.3. The van der Waals surface area contributed by atoms with Gasteiger partial charge in [0.15, 0.2) is 0 Å². The fourth-order valence-electron chi connectivity index (χ4n) is 2.44. The van der Waals surface area contributed by atoms with Crippen molar-refractivity contribution in [1.29, 1.82) is 0 Å². The number of aliphatic hydroxyl groups is 1. The maximum atomic E-state index is 12.0. The second kappa shape index (κ2) is 6.52. The third-order valence-corrected chi connectivity index (χ3v) is 4.44. The highest BCUT2D eigenvalue weighted by atomic mass is 79.9. The molecule has 1 heterocycles. The van der Waals surface area contributed by atoms with Gasteiger partial charge in [-0.05, 0) is 47.5 Å². The van der Waals surface area contributed by atoms with Crippen molar-refractivity contribution in [2.24, 2.45) is 5.92 Å². The Bertz CT molecular complexity index is 481. The molecule has 0 aromatic carbocycles. The van der Waals surface area contributed by atoms with Crippen molar-refractivity contribution in [3.05, 3.63) is 21.0 Å². The molecule has 0 unspecified atom stereocenters. The highest BCUT2D eigenvalue weighted by Crippen LogP contribution is 2.27. The zero-order valence-corrected chi connectivity index (χ0v) is 12.7. The molecule has 0 atom stereocenters. The van der Waals surface area contributed by atoms with E-state index < -0.39 is 0 Å². The average Bonchev–Trinajstić information content (AvgIpc) is 2.41. The molecule has 1 aromatic rings. The van der Waals surface area contributed by atoms with Gasteiger partial charge in [-0.15, -0.1) is 0 Å². The van der Waals surface area contributed by atoms with Crippen LogP contribution in [0, 0.1) is 5.92 Å². The SMILES string of the molecule is CC1CCC(Nc2cnn(CCO)c(=O)c2Br)CC1. The number of hydrogen-bond acceptors (Lipinski definition) is 4. The first-order chi connectivity index (χ1) is 9.11. The van der Waals surface area contributed by atoms with E-state index in [1.807, 2.05) is 0 Å². The molecule has 0 saturated heterocycles. The van der Waals surface area contributed by atoms with E-state index in [-0.39, 0.29) is 18.7 Å². The standard InChI is InChI=1S/C13H20BrN3O2/c1-9-2-4-10(5-3-9)16-11-8-15-17(6-7-18)13(19)12(11)14/h8-10,16,18H,2-7H2,1H3. The Morgan fingerprint density at radius 3 is 2.79 bits per heavy atom. The van der Waals surface area contributed by atoms with Crippen LogP contribution in [-0.4, -0.2) is 27.5 Å². The Balaban J connectivity index is 2.09. The van der Waals surface area contributed by atoms with E-state index in [4.69, 9.17) is 5.11 Å². The molecule has 6 heteroatoms. The second-order valence-electron chi connectivity index (χ2n) is 5.23. The molecule has 1 aliphatic rings. The predicted molar refractivity (Wildman–Crippen MR) is 78.3 cm³/mol. The van der Waals surface area contributed by atoms with Crippen LogP contribution in [0.25, 0.3) is 0 Å².